The molecule has 96 valence electrons. The van der Waals surface area contributed by atoms with Gasteiger partial charge in [-0.2, -0.15) is 0 Å². The molecular weight excluding hydrogens is 282 g/mol. The van der Waals surface area contributed by atoms with Crippen molar-refractivity contribution in [3.05, 3.63) is 28.7 Å². The van der Waals surface area contributed by atoms with Crippen LogP contribution in [-0.2, 0) is 4.74 Å². The Hall–Kier alpha value is -0.580. The normalized spacial score (nSPS) is 13.5. The second kappa shape index (κ2) is 6.38. The molecule has 0 fully saturated rings. The Morgan fingerprint density at radius 1 is 1.41 bits per heavy atom. The molecule has 0 heterocycles. The third kappa shape index (κ3) is 6.66. The van der Waals surface area contributed by atoms with Gasteiger partial charge in [-0.05, 0) is 39.0 Å². The van der Waals surface area contributed by atoms with E-state index in [9.17, 15) is 5.11 Å². The fraction of sp³-hybridized carbons (Fsp3) is 0.538. The van der Waals surface area contributed by atoms with Crippen molar-refractivity contribution in [1.29, 1.82) is 0 Å². The van der Waals surface area contributed by atoms with E-state index >= 15 is 0 Å². The van der Waals surface area contributed by atoms with Crippen LogP contribution in [0.5, 0.6) is 0 Å². The summed E-state index contributed by atoms with van der Waals surface area (Å²) in [6.45, 7) is 6.74. The standard InChI is InChI=1S/C13H20BrNO2/c1-13(2,3)17-9-12(16)8-15-11-6-4-5-10(14)7-11/h4-7,12,15-16H,8-9H2,1-3H3. The Balaban J connectivity index is 2.31. The molecule has 2 N–H and O–H groups in total. The van der Waals surface area contributed by atoms with Gasteiger partial charge in [0.1, 0.15) is 0 Å². The van der Waals surface area contributed by atoms with Crippen LogP contribution in [0.1, 0.15) is 20.8 Å². The van der Waals surface area contributed by atoms with Crippen molar-refractivity contribution in [3.63, 3.8) is 0 Å². The van der Waals surface area contributed by atoms with E-state index in [0.29, 0.717) is 13.2 Å². The molecule has 1 rings (SSSR count). The van der Waals surface area contributed by atoms with Crippen molar-refractivity contribution in [2.75, 3.05) is 18.5 Å². The van der Waals surface area contributed by atoms with Gasteiger partial charge in [0, 0.05) is 16.7 Å². The Labute approximate surface area is 111 Å². The highest BCUT2D eigenvalue weighted by molar-refractivity contribution is 9.10. The molecule has 17 heavy (non-hydrogen) atoms. The van der Waals surface area contributed by atoms with Crippen LogP contribution in [-0.4, -0.2) is 30.0 Å². The number of aliphatic hydroxyl groups is 1. The molecule has 0 saturated heterocycles. The van der Waals surface area contributed by atoms with Crippen LogP contribution in [0.15, 0.2) is 28.7 Å². The molecular formula is C13H20BrNO2. The molecule has 0 radical (unpaired) electrons. The molecule has 0 bridgehead atoms. The molecule has 4 heteroatoms. The first-order chi connectivity index (χ1) is 7.87. The van der Waals surface area contributed by atoms with Crippen molar-refractivity contribution in [3.8, 4) is 0 Å². The van der Waals surface area contributed by atoms with Crippen LogP contribution in [0.25, 0.3) is 0 Å². The zero-order valence-electron chi connectivity index (χ0n) is 10.5. The Bertz CT molecular complexity index is 350. The number of nitrogens with one attached hydrogen (secondary N) is 1. The molecule has 0 aliphatic heterocycles. The van der Waals surface area contributed by atoms with E-state index in [1.54, 1.807) is 0 Å². The van der Waals surface area contributed by atoms with Gasteiger partial charge >= 0.3 is 0 Å². The minimum atomic E-state index is -0.506. The number of anilines is 1. The Morgan fingerprint density at radius 2 is 2.12 bits per heavy atom. The number of ether oxygens (including phenoxy) is 1. The number of benzene rings is 1. The van der Waals surface area contributed by atoms with Gasteiger partial charge in [-0.3, -0.25) is 0 Å². The predicted molar refractivity (Wildman–Crippen MR) is 74.3 cm³/mol. The van der Waals surface area contributed by atoms with E-state index in [4.69, 9.17) is 4.74 Å². The van der Waals surface area contributed by atoms with E-state index in [2.05, 4.69) is 21.2 Å². The van der Waals surface area contributed by atoms with Crippen LogP contribution in [0.3, 0.4) is 0 Å². The largest absolute Gasteiger partial charge is 0.389 e. The summed E-state index contributed by atoms with van der Waals surface area (Å²) in [5, 5.41) is 12.9. The third-order valence-electron chi connectivity index (χ3n) is 2.08. The molecule has 1 atom stereocenters. The minimum absolute atomic E-state index is 0.212. The molecule has 0 aliphatic rings. The van der Waals surface area contributed by atoms with Crippen LogP contribution < -0.4 is 5.32 Å². The molecule has 3 nitrogen and oxygen atoms in total. The zero-order valence-corrected chi connectivity index (χ0v) is 12.1. The molecule has 1 unspecified atom stereocenters. The highest BCUT2D eigenvalue weighted by Crippen LogP contribution is 2.15. The van der Waals surface area contributed by atoms with Gasteiger partial charge in [0.2, 0.25) is 0 Å². The van der Waals surface area contributed by atoms with Gasteiger partial charge in [0.15, 0.2) is 0 Å². The van der Waals surface area contributed by atoms with Gasteiger partial charge in [0.05, 0.1) is 18.3 Å². The lowest BCUT2D eigenvalue weighted by atomic mass is 10.2. The first-order valence-electron chi connectivity index (χ1n) is 5.68. The second-order valence-electron chi connectivity index (χ2n) is 4.97. The van der Waals surface area contributed by atoms with Crippen LogP contribution in [0.2, 0.25) is 0 Å². The summed E-state index contributed by atoms with van der Waals surface area (Å²) in [5.41, 5.74) is 0.769. The van der Waals surface area contributed by atoms with Crippen LogP contribution >= 0.6 is 15.9 Å². The lowest BCUT2D eigenvalue weighted by Crippen LogP contribution is -2.30. The summed E-state index contributed by atoms with van der Waals surface area (Å²) in [6, 6.07) is 7.84. The van der Waals surface area contributed by atoms with E-state index in [-0.39, 0.29) is 5.60 Å². The fourth-order valence-electron chi connectivity index (χ4n) is 1.24. The summed E-state index contributed by atoms with van der Waals surface area (Å²) < 4.78 is 6.52. The molecule has 0 aromatic heterocycles. The minimum Gasteiger partial charge on any atom is -0.389 e. The molecule has 0 amide bonds. The summed E-state index contributed by atoms with van der Waals surface area (Å²) in [6.07, 6.45) is -0.506. The highest BCUT2D eigenvalue weighted by Gasteiger charge is 2.13. The highest BCUT2D eigenvalue weighted by atomic mass is 79.9. The first-order valence-corrected chi connectivity index (χ1v) is 6.47. The third-order valence-corrected chi connectivity index (χ3v) is 2.57. The molecule has 0 spiro atoms. The van der Waals surface area contributed by atoms with Crippen molar-refractivity contribution in [2.24, 2.45) is 0 Å². The quantitative estimate of drug-likeness (QED) is 0.878. The van der Waals surface area contributed by atoms with Gasteiger partial charge in [-0.1, -0.05) is 22.0 Å². The molecule has 1 aromatic carbocycles. The number of halogens is 1. The van der Waals surface area contributed by atoms with Crippen molar-refractivity contribution in [2.45, 2.75) is 32.5 Å². The number of aliphatic hydroxyl groups excluding tert-OH is 1. The van der Waals surface area contributed by atoms with Gasteiger partial charge in [-0.25, -0.2) is 0 Å². The SMILES string of the molecule is CC(C)(C)OCC(O)CNc1cccc(Br)c1. The zero-order chi connectivity index (χ0) is 12.9. The fourth-order valence-corrected chi connectivity index (χ4v) is 1.64. The number of rotatable bonds is 5. The summed E-state index contributed by atoms with van der Waals surface area (Å²) in [7, 11) is 0. The molecule has 0 aliphatic carbocycles. The Morgan fingerprint density at radius 3 is 2.71 bits per heavy atom. The van der Waals surface area contributed by atoms with Crippen LogP contribution in [0.4, 0.5) is 5.69 Å². The maximum atomic E-state index is 9.74. The summed E-state index contributed by atoms with van der Waals surface area (Å²) in [5.74, 6) is 0. The maximum Gasteiger partial charge on any atom is 0.0945 e. The van der Waals surface area contributed by atoms with Crippen molar-refractivity contribution < 1.29 is 9.84 Å². The molecule has 0 saturated carbocycles. The lowest BCUT2D eigenvalue weighted by molar-refractivity contribution is -0.0449. The van der Waals surface area contributed by atoms with Crippen molar-refractivity contribution >= 4 is 21.6 Å². The summed E-state index contributed by atoms with van der Waals surface area (Å²) in [4.78, 5) is 0. The van der Waals surface area contributed by atoms with Gasteiger partial charge in [0.25, 0.3) is 0 Å². The predicted octanol–water partition coefficient (Wildman–Crippen LogP) is 3.04. The number of hydrogen-bond donors (Lipinski definition) is 2. The Kier molecular flexibility index (Phi) is 5.43. The van der Waals surface area contributed by atoms with Crippen LogP contribution in [0, 0.1) is 0 Å². The van der Waals surface area contributed by atoms with Gasteiger partial charge < -0.3 is 15.2 Å². The van der Waals surface area contributed by atoms with Crippen molar-refractivity contribution in [1.82, 2.24) is 0 Å². The topological polar surface area (TPSA) is 41.5 Å². The average molecular weight is 302 g/mol. The lowest BCUT2D eigenvalue weighted by Gasteiger charge is -2.22. The van der Waals surface area contributed by atoms with Gasteiger partial charge in [-0.15, -0.1) is 0 Å². The van der Waals surface area contributed by atoms with E-state index < -0.39 is 6.10 Å². The van der Waals surface area contributed by atoms with E-state index in [1.807, 2.05) is 45.0 Å². The monoisotopic (exact) mass is 301 g/mol. The van der Waals surface area contributed by atoms with E-state index in [0.717, 1.165) is 10.2 Å². The smallest absolute Gasteiger partial charge is 0.0945 e. The molecule has 1 aromatic rings. The average Bonchev–Trinajstić information content (AvgIpc) is 2.23. The second-order valence-corrected chi connectivity index (χ2v) is 5.88. The first kappa shape index (κ1) is 14.5. The maximum absolute atomic E-state index is 9.74. The summed E-state index contributed by atoms with van der Waals surface area (Å²) >= 11 is 3.40. The number of hydrogen-bond acceptors (Lipinski definition) is 3. The van der Waals surface area contributed by atoms with E-state index in [1.165, 1.54) is 0 Å².